The molecule has 0 spiro atoms. The largest absolute Gasteiger partial charge is 0.480 e. The first-order valence-corrected chi connectivity index (χ1v) is 15.5. The lowest BCUT2D eigenvalue weighted by Crippen LogP contribution is -2.64. The maximum absolute atomic E-state index is 13.7. The van der Waals surface area contributed by atoms with Crippen LogP contribution in [0.3, 0.4) is 0 Å². The van der Waals surface area contributed by atoms with Gasteiger partial charge >= 0.3 is 12.1 Å². The zero-order chi connectivity index (χ0) is 31.3. The Morgan fingerprint density at radius 2 is 1.67 bits per heavy atom. The van der Waals surface area contributed by atoms with E-state index in [1.54, 1.807) is 45.9 Å². The van der Waals surface area contributed by atoms with E-state index >= 15 is 0 Å². The molecule has 0 saturated carbocycles. The van der Waals surface area contributed by atoms with Gasteiger partial charge < -0.3 is 19.5 Å². The normalized spacial score (nSPS) is 15.6. The number of hydrogen-bond acceptors (Lipinski definition) is 7. The molecule has 1 aliphatic heterocycles. The maximum atomic E-state index is 13.7. The Kier molecular flexibility index (Phi) is 9.76. The molecule has 1 saturated heterocycles. The van der Waals surface area contributed by atoms with Crippen LogP contribution in [0.1, 0.15) is 45.2 Å². The van der Waals surface area contributed by atoms with Crippen LogP contribution in [0.25, 0.3) is 0 Å². The Morgan fingerprint density at radius 3 is 2.30 bits per heavy atom. The summed E-state index contributed by atoms with van der Waals surface area (Å²) in [5.41, 5.74) is -0.213. The molecule has 0 bridgehead atoms. The molecule has 1 N–H and O–H groups in total. The number of halogens is 1. The van der Waals surface area contributed by atoms with Crippen molar-refractivity contribution in [3.05, 3.63) is 95.8 Å². The first-order valence-electron chi connectivity index (χ1n) is 14.1. The molecule has 0 unspecified atom stereocenters. The lowest BCUT2D eigenvalue weighted by Gasteiger charge is -2.48. The van der Waals surface area contributed by atoms with Crippen LogP contribution in [0.5, 0.6) is 5.75 Å². The number of nitrogens with zero attached hydrogens (tertiary/aromatic N) is 1. The molecule has 230 valence electrons. The molecule has 1 heterocycles. The number of sulfonamides is 1. The van der Waals surface area contributed by atoms with Gasteiger partial charge in [-0.05, 0) is 88.1 Å². The number of ether oxygens (including phenoxy) is 3. The minimum absolute atomic E-state index is 0.0612. The predicted molar refractivity (Wildman–Crippen MR) is 158 cm³/mol. The second-order valence-electron chi connectivity index (χ2n) is 11.3. The van der Waals surface area contributed by atoms with E-state index in [4.69, 9.17) is 14.2 Å². The van der Waals surface area contributed by atoms with E-state index in [0.29, 0.717) is 17.7 Å². The second-order valence-corrected chi connectivity index (χ2v) is 13.3. The highest BCUT2D eigenvalue weighted by Gasteiger charge is 2.52. The SMILES string of the molecule is CCOC(=O)[C@H](CCc1cccc(S(=O)(=O)N2CC(Oc3ccc(F)cc3)(c3ccccc3)C2)c1)NC(=O)OC(C)(C)C. The van der Waals surface area contributed by atoms with Crippen LogP contribution < -0.4 is 10.1 Å². The first kappa shape index (κ1) is 32.0. The molecule has 9 nitrogen and oxygen atoms in total. The molecule has 1 amide bonds. The Bertz CT molecular complexity index is 1520. The number of aryl methyl sites for hydroxylation is 1. The van der Waals surface area contributed by atoms with Crippen molar-refractivity contribution in [3.8, 4) is 5.75 Å². The van der Waals surface area contributed by atoms with Gasteiger partial charge in [-0.2, -0.15) is 4.31 Å². The summed E-state index contributed by atoms with van der Waals surface area (Å²) >= 11 is 0. The number of nitrogens with one attached hydrogen (secondary N) is 1. The molecule has 43 heavy (non-hydrogen) atoms. The summed E-state index contributed by atoms with van der Waals surface area (Å²) in [5, 5.41) is 2.56. The molecule has 3 aromatic rings. The van der Waals surface area contributed by atoms with Gasteiger partial charge in [-0.1, -0.05) is 42.5 Å². The average molecular weight is 613 g/mol. The van der Waals surface area contributed by atoms with Crippen molar-refractivity contribution in [2.45, 2.75) is 62.7 Å². The Balaban J connectivity index is 1.48. The van der Waals surface area contributed by atoms with Crippen molar-refractivity contribution in [2.75, 3.05) is 19.7 Å². The number of carbonyl (C=O) groups is 2. The van der Waals surface area contributed by atoms with E-state index in [-0.39, 0.29) is 31.0 Å². The van der Waals surface area contributed by atoms with Crippen molar-refractivity contribution in [1.82, 2.24) is 9.62 Å². The molecule has 1 aliphatic rings. The van der Waals surface area contributed by atoms with Gasteiger partial charge in [-0.15, -0.1) is 0 Å². The molecule has 0 aliphatic carbocycles. The number of amides is 1. The Morgan fingerprint density at radius 1 is 1.00 bits per heavy atom. The fraction of sp³-hybridized carbons (Fsp3) is 0.375. The van der Waals surface area contributed by atoms with Crippen LogP contribution in [0, 0.1) is 5.82 Å². The van der Waals surface area contributed by atoms with E-state index in [2.05, 4.69) is 5.32 Å². The highest BCUT2D eigenvalue weighted by atomic mass is 32.2. The minimum Gasteiger partial charge on any atom is -0.480 e. The van der Waals surface area contributed by atoms with Gasteiger partial charge in [0.15, 0.2) is 5.60 Å². The number of alkyl carbamates (subject to hydrolysis) is 1. The number of carbonyl (C=O) groups excluding carboxylic acids is 2. The van der Waals surface area contributed by atoms with Crippen molar-refractivity contribution >= 4 is 22.1 Å². The summed E-state index contributed by atoms with van der Waals surface area (Å²) < 4.78 is 58.8. The first-order chi connectivity index (χ1) is 20.3. The zero-order valence-corrected chi connectivity index (χ0v) is 25.5. The van der Waals surface area contributed by atoms with Crippen molar-refractivity contribution in [1.29, 1.82) is 0 Å². The highest BCUT2D eigenvalue weighted by molar-refractivity contribution is 7.89. The predicted octanol–water partition coefficient (Wildman–Crippen LogP) is 5.19. The lowest BCUT2D eigenvalue weighted by atomic mass is 9.87. The lowest BCUT2D eigenvalue weighted by molar-refractivity contribution is -0.145. The third-order valence-electron chi connectivity index (χ3n) is 6.81. The van der Waals surface area contributed by atoms with Gasteiger partial charge in [-0.25, -0.2) is 22.4 Å². The van der Waals surface area contributed by atoms with E-state index < -0.39 is 45.1 Å². The standard InChI is InChI=1S/C32H37FN2O7S/c1-5-40-29(36)28(34-30(37)42-31(2,3)4)19-14-23-10-9-13-27(20-23)43(38,39)35-21-32(22-35,24-11-7-6-8-12-24)41-26-17-15-25(33)16-18-26/h6-13,15-18,20,28H,5,14,19,21-22H2,1-4H3,(H,34,37)/t28-/m0/s1. The Labute approximate surface area is 252 Å². The summed E-state index contributed by atoms with van der Waals surface area (Å²) in [6, 6.07) is 20.5. The van der Waals surface area contributed by atoms with Crippen molar-refractivity contribution in [2.24, 2.45) is 0 Å². The van der Waals surface area contributed by atoms with Gasteiger partial charge in [0.1, 0.15) is 23.2 Å². The van der Waals surface area contributed by atoms with Crippen LogP contribution in [0.2, 0.25) is 0 Å². The van der Waals surface area contributed by atoms with Crippen LogP contribution in [-0.2, 0) is 36.3 Å². The van der Waals surface area contributed by atoms with Crippen LogP contribution in [-0.4, -0.2) is 56.1 Å². The summed E-state index contributed by atoms with van der Waals surface area (Å²) in [6.45, 7) is 7.09. The molecule has 0 radical (unpaired) electrons. The van der Waals surface area contributed by atoms with Gasteiger partial charge in [-0.3, -0.25) is 0 Å². The van der Waals surface area contributed by atoms with Crippen molar-refractivity contribution < 1.29 is 36.6 Å². The summed E-state index contributed by atoms with van der Waals surface area (Å²) in [5.74, 6) is -0.565. The van der Waals surface area contributed by atoms with E-state index in [1.165, 1.54) is 34.6 Å². The van der Waals surface area contributed by atoms with E-state index in [1.807, 2.05) is 30.3 Å². The molecule has 1 atom stereocenters. The molecule has 0 aromatic heterocycles. The van der Waals surface area contributed by atoms with Gasteiger partial charge in [0.2, 0.25) is 10.0 Å². The summed E-state index contributed by atoms with van der Waals surface area (Å²) in [4.78, 5) is 24.9. The van der Waals surface area contributed by atoms with Gasteiger partial charge in [0.05, 0.1) is 24.6 Å². The molecule has 3 aromatic carbocycles. The Hall–Kier alpha value is -3.96. The molecule has 4 rings (SSSR count). The molecular formula is C32H37FN2O7S. The third-order valence-corrected chi connectivity index (χ3v) is 8.60. The smallest absolute Gasteiger partial charge is 0.408 e. The maximum Gasteiger partial charge on any atom is 0.408 e. The highest BCUT2D eigenvalue weighted by Crippen LogP contribution is 2.40. The quantitative estimate of drug-likeness (QED) is 0.297. The fourth-order valence-electron chi connectivity index (χ4n) is 4.73. The van der Waals surface area contributed by atoms with Gasteiger partial charge in [0.25, 0.3) is 0 Å². The molecule has 11 heteroatoms. The van der Waals surface area contributed by atoms with E-state index in [9.17, 15) is 22.4 Å². The monoisotopic (exact) mass is 612 g/mol. The van der Waals surface area contributed by atoms with Gasteiger partial charge in [0, 0.05) is 0 Å². The number of rotatable bonds is 11. The molecule has 1 fully saturated rings. The van der Waals surface area contributed by atoms with Crippen LogP contribution >= 0.6 is 0 Å². The third kappa shape index (κ3) is 8.11. The van der Waals surface area contributed by atoms with Crippen molar-refractivity contribution in [3.63, 3.8) is 0 Å². The zero-order valence-electron chi connectivity index (χ0n) is 24.7. The summed E-state index contributed by atoms with van der Waals surface area (Å²) in [6.07, 6.45) is -0.275. The number of esters is 1. The average Bonchev–Trinajstić information content (AvgIpc) is 2.93. The van der Waals surface area contributed by atoms with Crippen LogP contribution in [0.15, 0.2) is 83.8 Å². The number of benzene rings is 3. The fourth-order valence-corrected chi connectivity index (χ4v) is 6.34. The topological polar surface area (TPSA) is 111 Å². The number of hydrogen-bond donors (Lipinski definition) is 1. The van der Waals surface area contributed by atoms with E-state index in [0.717, 1.165) is 5.56 Å². The minimum atomic E-state index is -3.89. The second kappa shape index (κ2) is 13.1. The van der Waals surface area contributed by atoms with Crippen LogP contribution in [0.4, 0.5) is 9.18 Å². The summed E-state index contributed by atoms with van der Waals surface area (Å²) in [7, 11) is -3.89. The molecular weight excluding hydrogens is 575 g/mol.